The van der Waals surface area contributed by atoms with Gasteiger partial charge in [-0.25, -0.2) is 10.6 Å². The summed E-state index contributed by atoms with van der Waals surface area (Å²) in [7, 11) is 0. The van der Waals surface area contributed by atoms with Crippen LogP contribution in [0.2, 0.25) is 0 Å². The van der Waals surface area contributed by atoms with Crippen molar-refractivity contribution < 1.29 is 9.59 Å². The fraction of sp³-hybridized carbons (Fsp3) is 0.273. The number of para-hydroxylation sites is 1. The number of hydrogen-bond donors (Lipinski definition) is 3. The van der Waals surface area contributed by atoms with Gasteiger partial charge in [-0.1, -0.05) is 18.2 Å². The van der Waals surface area contributed by atoms with Gasteiger partial charge in [-0.2, -0.15) is 5.01 Å². The molecule has 0 aliphatic carbocycles. The van der Waals surface area contributed by atoms with E-state index in [9.17, 15) is 9.59 Å². The molecule has 1 unspecified atom stereocenters. The Bertz CT molecular complexity index is 448. The van der Waals surface area contributed by atoms with Crippen LogP contribution in [0.5, 0.6) is 0 Å². The topological polar surface area (TPSA) is 87.5 Å². The smallest absolute Gasteiger partial charge is 0.339 e. The van der Waals surface area contributed by atoms with Gasteiger partial charge >= 0.3 is 6.03 Å². The van der Waals surface area contributed by atoms with E-state index in [1.165, 1.54) is 0 Å². The Morgan fingerprint density at radius 1 is 1.35 bits per heavy atom. The molecule has 1 atom stereocenters. The van der Waals surface area contributed by atoms with Gasteiger partial charge in [0.15, 0.2) is 0 Å². The van der Waals surface area contributed by atoms with Crippen LogP contribution in [0.15, 0.2) is 30.3 Å². The molecule has 1 heterocycles. The molecule has 0 aromatic heterocycles. The van der Waals surface area contributed by atoms with Gasteiger partial charge in [-0.3, -0.25) is 4.79 Å². The zero-order valence-corrected chi connectivity index (χ0v) is 9.43. The minimum absolute atomic E-state index is 0.287. The van der Waals surface area contributed by atoms with Crippen molar-refractivity contribution in [2.75, 3.05) is 11.9 Å². The van der Waals surface area contributed by atoms with E-state index in [0.29, 0.717) is 5.01 Å². The predicted octanol–water partition coefficient (Wildman–Crippen LogP) is 0.283. The van der Waals surface area contributed by atoms with Crippen LogP contribution in [0.1, 0.15) is 6.92 Å². The monoisotopic (exact) mass is 234 g/mol. The number of nitrogens with one attached hydrogen (secondary N) is 2. The Balaban J connectivity index is 2.04. The van der Waals surface area contributed by atoms with Crippen LogP contribution in [0.3, 0.4) is 0 Å². The lowest BCUT2D eigenvalue weighted by molar-refractivity contribution is -0.130. The fourth-order valence-corrected chi connectivity index (χ4v) is 1.66. The third-order valence-corrected chi connectivity index (χ3v) is 2.71. The van der Waals surface area contributed by atoms with Gasteiger partial charge in [-0.15, -0.1) is 0 Å². The summed E-state index contributed by atoms with van der Waals surface area (Å²) in [6.07, 6.45) is 0. The number of rotatable bonds is 3. The molecule has 1 aromatic carbocycles. The largest absolute Gasteiger partial charge is 0.382 e. The maximum absolute atomic E-state index is 11.7. The standard InChI is InChI=1S/C11H14N4O2/c1-11(9(16)15(12)10(17)14-11)7-13-8-5-3-2-4-6-8/h2-6,13H,7,12H2,1H3,(H,14,17). The average Bonchev–Trinajstić information content (AvgIpc) is 2.53. The van der Waals surface area contributed by atoms with E-state index >= 15 is 0 Å². The fourth-order valence-electron chi connectivity index (χ4n) is 1.66. The highest BCUT2D eigenvalue weighted by Crippen LogP contribution is 2.16. The highest BCUT2D eigenvalue weighted by Gasteiger charge is 2.46. The van der Waals surface area contributed by atoms with E-state index in [1.54, 1.807) is 6.92 Å². The summed E-state index contributed by atoms with van der Waals surface area (Å²) < 4.78 is 0. The number of urea groups is 1. The van der Waals surface area contributed by atoms with Crippen molar-refractivity contribution in [3.8, 4) is 0 Å². The van der Waals surface area contributed by atoms with E-state index in [0.717, 1.165) is 5.69 Å². The number of nitrogens with two attached hydrogens (primary N) is 1. The van der Waals surface area contributed by atoms with Crippen LogP contribution in [0.25, 0.3) is 0 Å². The third-order valence-electron chi connectivity index (χ3n) is 2.71. The molecule has 6 heteroatoms. The lowest BCUT2D eigenvalue weighted by Gasteiger charge is -2.21. The third kappa shape index (κ3) is 2.07. The molecule has 17 heavy (non-hydrogen) atoms. The number of amides is 3. The Hall–Kier alpha value is -2.08. The van der Waals surface area contributed by atoms with Gasteiger partial charge in [0, 0.05) is 12.2 Å². The van der Waals surface area contributed by atoms with E-state index in [2.05, 4.69) is 10.6 Å². The first-order chi connectivity index (χ1) is 8.03. The molecular weight excluding hydrogens is 220 g/mol. The SMILES string of the molecule is CC1(CNc2ccccc2)NC(=O)N(N)C1=O. The Labute approximate surface area is 98.7 Å². The maximum atomic E-state index is 11.7. The first-order valence-electron chi connectivity index (χ1n) is 5.23. The van der Waals surface area contributed by atoms with Gasteiger partial charge in [0.05, 0.1) is 0 Å². The molecule has 0 bridgehead atoms. The first-order valence-corrected chi connectivity index (χ1v) is 5.23. The van der Waals surface area contributed by atoms with E-state index < -0.39 is 17.5 Å². The number of carbonyl (C=O) groups excluding carboxylic acids is 2. The molecule has 1 aromatic rings. The number of nitrogens with zero attached hydrogens (tertiary/aromatic N) is 1. The molecule has 0 spiro atoms. The Kier molecular flexibility index (Phi) is 2.72. The number of hydrazine groups is 1. The van der Waals surface area contributed by atoms with E-state index in [4.69, 9.17) is 5.84 Å². The van der Waals surface area contributed by atoms with Gasteiger partial charge in [0.1, 0.15) is 5.54 Å². The molecule has 1 fully saturated rings. The quantitative estimate of drug-likeness (QED) is 0.398. The number of hydrogen-bond acceptors (Lipinski definition) is 4. The van der Waals surface area contributed by atoms with E-state index in [1.807, 2.05) is 30.3 Å². The summed E-state index contributed by atoms with van der Waals surface area (Å²) in [6.45, 7) is 1.92. The van der Waals surface area contributed by atoms with E-state index in [-0.39, 0.29) is 6.54 Å². The summed E-state index contributed by atoms with van der Waals surface area (Å²) in [6, 6.07) is 8.85. The number of imide groups is 1. The highest BCUT2D eigenvalue weighted by atomic mass is 16.2. The van der Waals surface area contributed by atoms with Crippen molar-refractivity contribution in [1.82, 2.24) is 10.3 Å². The van der Waals surface area contributed by atoms with Gasteiger partial charge < -0.3 is 10.6 Å². The summed E-state index contributed by atoms with van der Waals surface area (Å²) in [5.41, 5.74) is -0.118. The number of anilines is 1. The number of benzene rings is 1. The second-order valence-corrected chi connectivity index (χ2v) is 4.16. The normalized spacial score (nSPS) is 23.8. The zero-order chi connectivity index (χ0) is 12.5. The zero-order valence-electron chi connectivity index (χ0n) is 9.43. The molecule has 6 nitrogen and oxygen atoms in total. The molecule has 4 N–H and O–H groups in total. The summed E-state index contributed by atoms with van der Waals surface area (Å²) in [5.74, 6) is 4.87. The molecule has 2 rings (SSSR count). The molecule has 0 radical (unpaired) electrons. The van der Waals surface area contributed by atoms with Crippen molar-refractivity contribution in [1.29, 1.82) is 0 Å². The molecule has 1 aliphatic heterocycles. The van der Waals surface area contributed by atoms with Crippen LogP contribution in [0, 0.1) is 0 Å². The second kappa shape index (κ2) is 4.06. The minimum Gasteiger partial charge on any atom is -0.382 e. The molecule has 3 amide bonds. The maximum Gasteiger partial charge on any atom is 0.339 e. The van der Waals surface area contributed by atoms with Crippen molar-refractivity contribution >= 4 is 17.6 Å². The van der Waals surface area contributed by atoms with Crippen molar-refractivity contribution in [3.63, 3.8) is 0 Å². The lowest BCUT2D eigenvalue weighted by Crippen LogP contribution is -2.50. The average molecular weight is 234 g/mol. The molecule has 1 aliphatic rings. The van der Waals surface area contributed by atoms with Crippen LogP contribution < -0.4 is 16.5 Å². The summed E-state index contributed by atoms with van der Waals surface area (Å²) in [4.78, 5) is 23.0. The van der Waals surface area contributed by atoms with Crippen LogP contribution in [-0.4, -0.2) is 29.0 Å². The Morgan fingerprint density at radius 2 is 2.00 bits per heavy atom. The summed E-state index contributed by atoms with van der Waals surface area (Å²) in [5, 5.41) is 6.23. The van der Waals surface area contributed by atoms with Crippen molar-refractivity contribution in [3.05, 3.63) is 30.3 Å². The molecule has 0 saturated carbocycles. The summed E-state index contributed by atoms with van der Waals surface area (Å²) >= 11 is 0. The van der Waals surface area contributed by atoms with Crippen molar-refractivity contribution in [2.24, 2.45) is 5.84 Å². The van der Waals surface area contributed by atoms with Crippen LogP contribution >= 0.6 is 0 Å². The Morgan fingerprint density at radius 3 is 2.53 bits per heavy atom. The number of carbonyl (C=O) groups is 2. The van der Waals surface area contributed by atoms with Crippen molar-refractivity contribution in [2.45, 2.75) is 12.5 Å². The van der Waals surface area contributed by atoms with Gasteiger partial charge in [-0.05, 0) is 19.1 Å². The molecule has 1 saturated heterocycles. The predicted molar refractivity (Wildman–Crippen MR) is 62.9 cm³/mol. The van der Waals surface area contributed by atoms with Gasteiger partial charge in [0.2, 0.25) is 0 Å². The molecular formula is C11H14N4O2. The minimum atomic E-state index is -0.998. The van der Waals surface area contributed by atoms with Crippen LogP contribution in [-0.2, 0) is 4.79 Å². The molecule has 90 valence electrons. The lowest BCUT2D eigenvalue weighted by atomic mass is 10.0. The van der Waals surface area contributed by atoms with Crippen LogP contribution in [0.4, 0.5) is 10.5 Å². The second-order valence-electron chi connectivity index (χ2n) is 4.16. The van der Waals surface area contributed by atoms with Gasteiger partial charge in [0.25, 0.3) is 5.91 Å². The first kappa shape index (κ1) is 11.4. The highest BCUT2D eigenvalue weighted by molar-refractivity contribution is 6.06.